The summed E-state index contributed by atoms with van der Waals surface area (Å²) >= 11 is 6.70. The zero-order chi connectivity index (χ0) is 10.6. The minimum atomic E-state index is -0.408. The Balaban J connectivity index is 2.61. The van der Waals surface area contributed by atoms with Crippen LogP contribution < -0.4 is 5.32 Å². The number of anilines is 1. The first kappa shape index (κ1) is 10.8. The van der Waals surface area contributed by atoms with Crippen LogP contribution in [0.25, 0.3) is 0 Å². The highest BCUT2D eigenvalue weighted by Crippen LogP contribution is 2.25. The van der Waals surface area contributed by atoms with E-state index in [1.165, 1.54) is 7.11 Å². The molecule has 0 amide bonds. The van der Waals surface area contributed by atoms with Crippen LogP contribution in [0, 0.1) is 11.3 Å². The maximum Gasteiger partial charge on any atom is 0.325 e. The van der Waals surface area contributed by atoms with Crippen molar-refractivity contribution in [3.8, 4) is 6.07 Å². The topological polar surface area (TPSA) is 75.0 Å². The van der Waals surface area contributed by atoms with Gasteiger partial charge in [-0.05, 0) is 0 Å². The number of halogens is 1. The van der Waals surface area contributed by atoms with E-state index in [4.69, 9.17) is 16.9 Å². The average molecular weight is 232 g/mol. The van der Waals surface area contributed by atoms with Crippen molar-refractivity contribution in [2.75, 3.05) is 19.0 Å². The summed E-state index contributed by atoms with van der Waals surface area (Å²) < 4.78 is 4.41. The molecule has 0 fully saturated rings. The second-order valence-corrected chi connectivity index (χ2v) is 3.54. The molecule has 0 aliphatic rings. The monoisotopic (exact) mass is 231 g/mol. The van der Waals surface area contributed by atoms with E-state index in [1.54, 1.807) is 0 Å². The van der Waals surface area contributed by atoms with Gasteiger partial charge in [-0.25, -0.2) is 4.98 Å². The summed E-state index contributed by atoms with van der Waals surface area (Å²) in [7, 11) is 1.29. The molecule has 0 radical (unpaired) electrons. The smallest absolute Gasteiger partial charge is 0.325 e. The van der Waals surface area contributed by atoms with Crippen molar-refractivity contribution in [2.24, 2.45) is 0 Å². The second-order valence-electron chi connectivity index (χ2n) is 2.18. The number of carbonyl (C=O) groups is 1. The number of methoxy groups -OCH3 is 1. The van der Waals surface area contributed by atoms with Crippen molar-refractivity contribution in [2.45, 2.75) is 0 Å². The van der Waals surface area contributed by atoms with Crippen LogP contribution in [0.5, 0.6) is 0 Å². The number of aromatic nitrogens is 1. The first-order valence-electron chi connectivity index (χ1n) is 3.54. The molecule has 1 rings (SSSR count). The van der Waals surface area contributed by atoms with E-state index in [0.29, 0.717) is 10.0 Å². The number of nitriles is 1. The molecule has 7 heteroatoms. The molecule has 0 saturated carbocycles. The molecule has 14 heavy (non-hydrogen) atoms. The molecule has 1 N–H and O–H groups in total. The lowest BCUT2D eigenvalue weighted by atomic mass is 10.6. The highest BCUT2D eigenvalue weighted by molar-refractivity contribution is 7.16. The summed E-state index contributed by atoms with van der Waals surface area (Å²) in [6, 6.07) is 1.89. The van der Waals surface area contributed by atoms with Gasteiger partial charge in [-0.3, -0.25) is 4.79 Å². The van der Waals surface area contributed by atoms with Crippen molar-refractivity contribution in [1.29, 1.82) is 5.26 Å². The molecule has 0 bridgehead atoms. The van der Waals surface area contributed by atoms with Crippen molar-refractivity contribution in [3.63, 3.8) is 0 Å². The summed E-state index contributed by atoms with van der Waals surface area (Å²) in [5.41, 5.74) is 0. The Morgan fingerprint density at radius 2 is 2.57 bits per heavy atom. The summed E-state index contributed by atoms with van der Waals surface area (Å²) in [6.07, 6.45) is 0. The number of esters is 1. The van der Waals surface area contributed by atoms with E-state index in [0.717, 1.165) is 11.3 Å². The van der Waals surface area contributed by atoms with Gasteiger partial charge in [0.15, 0.2) is 10.3 Å². The Morgan fingerprint density at radius 3 is 3.07 bits per heavy atom. The first-order chi connectivity index (χ1) is 6.67. The number of hydrogen-bond donors (Lipinski definition) is 1. The summed E-state index contributed by atoms with van der Waals surface area (Å²) in [6.45, 7) is 0.00517. The number of rotatable bonds is 3. The van der Waals surface area contributed by atoms with Crippen LogP contribution in [0.15, 0.2) is 0 Å². The fourth-order valence-corrected chi connectivity index (χ4v) is 1.61. The standard InChI is InChI=1S/C7H6ClN3O2S/c1-13-5(12)3-10-7-11-6(8)4(2-9)14-7/h3H2,1H3,(H,10,11). The lowest BCUT2D eigenvalue weighted by Crippen LogP contribution is -2.14. The van der Waals surface area contributed by atoms with Gasteiger partial charge in [0.1, 0.15) is 17.5 Å². The maximum absolute atomic E-state index is 10.7. The van der Waals surface area contributed by atoms with Crippen LogP contribution in [0.3, 0.4) is 0 Å². The molecule has 0 aliphatic carbocycles. The van der Waals surface area contributed by atoms with Crippen LogP contribution in [-0.2, 0) is 9.53 Å². The number of carbonyl (C=O) groups excluding carboxylic acids is 1. The minimum absolute atomic E-state index is 0.00517. The van der Waals surface area contributed by atoms with E-state index in [-0.39, 0.29) is 11.7 Å². The van der Waals surface area contributed by atoms with Gasteiger partial charge in [0.05, 0.1) is 7.11 Å². The molecule has 0 aromatic carbocycles. The lowest BCUT2D eigenvalue weighted by molar-refractivity contribution is -0.138. The van der Waals surface area contributed by atoms with Gasteiger partial charge in [-0.2, -0.15) is 5.26 Å². The third-order valence-corrected chi connectivity index (χ3v) is 2.60. The quantitative estimate of drug-likeness (QED) is 0.793. The minimum Gasteiger partial charge on any atom is -0.468 e. The Labute approximate surface area is 89.3 Å². The zero-order valence-electron chi connectivity index (χ0n) is 7.20. The van der Waals surface area contributed by atoms with Gasteiger partial charge in [-0.1, -0.05) is 22.9 Å². The van der Waals surface area contributed by atoms with E-state index in [1.807, 2.05) is 6.07 Å². The van der Waals surface area contributed by atoms with Gasteiger partial charge >= 0.3 is 5.97 Å². The second kappa shape index (κ2) is 4.79. The van der Waals surface area contributed by atoms with Gasteiger partial charge < -0.3 is 10.1 Å². The number of nitrogens with one attached hydrogen (secondary N) is 1. The third kappa shape index (κ3) is 2.58. The summed E-state index contributed by atoms with van der Waals surface area (Å²) in [4.78, 5) is 14.9. The van der Waals surface area contributed by atoms with Crippen molar-refractivity contribution < 1.29 is 9.53 Å². The normalized spacial score (nSPS) is 9.21. The molecule has 0 unspecified atom stereocenters. The van der Waals surface area contributed by atoms with Crippen LogP contribution in [0.1, 0.15) is 4.88 Å². The molecule has 1 heterocycles. The molecule has 0 spiro atoms. The molecule has 1 aromatic rings. The lowest BCUT2D eigenvalue weighted by Gasteiger charge is -1.98. The molecular weight excluding hydrogens is 226 g/mol. The highest BCUT2D eigenvalue weighted by atomic mass is 35.5. The number of ether oxygens (including phenoxy) is 1. The Bertz CT molecular complexity index is 385. The molecule has 0 saturated heterocycles. The van der Waals surface area contributed by atoms with E-state index < -0.39 is 5.97 Å². The first-order valence-corrected chi connectivity index (χ1v) is 4.74. The van der Waals surface area contributed by atoms with Gasteiger partial charge in [0, 0.05) is 0 Å². The largest absolute Gasteiger partial charge is 0.468 e. The van der Waals surface area contributed by atoms with Crippen molar-refractivity contribution in [3.05, 3.63) is 10.0 Å². The molecule has 5 nitrogen and oxygen atoms in total. The van der Waals surface area contributed by atoms with Crippen LogP contribution in [0.2, 0.25) is 5.15 Å². The van der Waals surface area contributed by atoms with E-state index in [2.05, 4.69) is 15.0 Å². The third-order valence-electron chi connectivity index (χ3n) is 1.30. The van der Waals surface area contributed by atoms with Gasteiger partial charge in [0.25, 0.3) is 0 Å². The molecule has 0 aliphatic heterocycles. The molecule has 1 aromatic heterocycles. The van der Waals surface area contributed by atoms with Gasteiger partial charge in [0.2, 0.25) is 0 Å². The SMILES string of the molecule is COC(=O)CNc1nc(Cl)c(C#N)s1. The van der Waals surface area contributed by atoms with Gasteiger partial charge in [-0.15, -0.1) is 0 Å². The predicted octanol–water partition coefficient (Wildman–Crippen LogP) is 1.25. The maximum atomic E-state index is 10.7. The fraction of sp³-hybridized carbons (Fsp3) is 0.286. The number of hydrogen-bond acceptors (Lipinski definition) is 6. The Morgan fingerprint density at radius 1 is 1.86 bits per heavy atom. The predicted molar refractivity (Wildman–Crippen MR) is 52.3 cm³/mol. The van der Waals surface area contributed by atoms with Crippen molar-refractivity contribution in [1.82, 2.24) is 4.98 Å². The average Bonchev–Trinajstić information content (AvgIpc) is 2.55. The zero-order valence-corrected chi connectivity index (χ0v) is 8.78. The Hall–Kier alpha value is -1.32. The molecule has 0 atom stereocenters. The fourth-order valence-electron chi connectivity index (χ4n) is 0.666. The van der Waals surface area contributed by atoms with Crippen LogP contribution in [0.4, 0.5) is 5.13 Å². The molecule has 74 valence electrons. The molecular formula is C7H6ClN3O2S. The van der Waals surface area contributed by atoms with E-state index >= 15 is 0 Å². The number of thiazole rings is 1. The van der Waals surface area contributed by atoms with Crippen molar-refractivity contribution >= 4 is 34.0 Å². The van der Waals surface area contributed by atoms with Crippen LogP contribution in [-0.4, -0.2) is 24.6 Å². The van der Waals surface area contributed by atoms with E-state index in [9.17, 15) is 4.79 Å². The highest BCUT2D eigenvalue weighted by Gasteiger charge is 2.09. The Kier molecular flexibility index (Phi) is 3.68. The summed E-state index contributed by atoms with van der Waals surface area (Å²) in [5, 5.41) is 11.8. The number of nitrogens with zero attached hydrogens (tertiary/aromatic N) is 2. The summed E-state index contributed by atoms with van der Waals surface area (Å²) in [5.74, 6) is -0.408. The van der Waals surface area contributed by atoms with Crippen LogP contribution >= 0.6 is 22.9 Å².